The summed E-state index contributed by atoms with van der Waals surface area (Å²) in [5, 5.41) is 0. The molecule has 0 heterocycles. The lowest BCUT2D eigenvalue weighted by Crippen LogP contribution is -2.03. The standard InChI is InChI=1S/C16H27NO/c1-13(2)15-9-8-14(3)12-16(15)18-11-7-5-4-6-10-17/h8-9,12-13H,4-7,10-11,17H2,1-3H3. The summed E-state index contributed by atoms with van der Waals surface area (Å²) in [6.45, 7) is 8.14. The van der Waals surface area contributed by atoms with E-state index in [9.17, 15) is 0 Å². The Kier molecular flexibility index (Phi) is 6.81. The zero-order chi connectivity index (χ0) is 13.4. The Hall–Kier alpha value is -1.02. The van der Waals surface area contributed by atoms with Crippen molar-refractivity contribution in [1.29, 1.82) is 0 Å². The van der Waals surface area contributed by atoms with Crippen LogP contribution in [0.2, 0.25) is 0 Å². The summed E-state index contributed by atoms with van der Waals surface area (Å²) >= 11 is 0. The van der Waals surface area contributed by atoms with Gasteiger partial charge in [0, 0.05) is 0 Å². The third-order valence-corrected chi connectivity index (χ3v) is 3.15. The highest BCUT2D eigenvalue weighted by Gasteiger charge is 2.07. The maximum Gasteiger partial charge on any atom is 0.122 e. The topological polar surface area (TPSA) is 35.2 Å². The molecule has 2 N–H and O–H groups in total. The van der Waals surface area contributed by atoms with Gasteiger partial charge in [0.2, 0.25) is 0 Å². The fourth-order valence-electron chi connectivity index (χ4n) is 2.03. The van der Waals surface area contributed by atoms with E-state index in [1.165, 1.54) is 24.0 Å². The van der Waals surface area contributed by atoms with Crippen LogP contribution in [0.1, 0.15) is 56.6 Å². The maximum atomic E-state index is 5.93. The Morgan fingerprint density at radius 2 is 1.83 bits per heavy atom. The number of hydrogen-bond donors (Lipinski definition) is 1. The Bertz CT molecular complexity index is 347. The number of nitrogens with two attached hydrogens (primary N) is 1. The maximum absolute atomic E-state index is 5.93. The number of benzene rings is 1. The first-order valence-electron chi connectivity index (χ1n) is 7.08. The molecule has 2 nitrogen and oxygen atoms in total. The summed E-state index contributed by atoms with van der Waals surface area (Å²) in [7, 11) is 0. The molecule has 0 aliphatic rings. The first-order valence-corrected chi connectivity index (χ1v) is 7.08. The van der Waals surface area contributed by atoms with Crippen LogP contribution in [0.25, 0.3) is 0 Å². The third-order valence-electron chi connectivity index (χ3n) is 3.15. The van der Waals surface area contributed by atoms with E-state index < -0.39 is 0 Å². The van der Waals surface area contributed by atoms with Crippen molar-refractivity contribution in [2.45, 2.75) is 52.4 Å². The van der Waals surface area contributed by atoms with Crippen LogP contribution in [-0.4, -0.2) is 13.2 Å². The van der Waals surface area contributed by atoms with E-state index in [2.05, 4.69) is 39.0 Å². The lowest BCUT2D eigenvalue weighted by Gasteiger charge is -2.14. The van der Waals surface area contributed by atoms with E-state index in [1.807, 2.05) is 0 Å². The van der Waals surface area contributed by atoms with Gasteiger partial charge in [-0.3, -0.25) is 0 Å². The molecule has 0 spiro atoms. The lowest BCUT2D eigenvalue weighted by atomic mass is 10.0. The minimum absolute atomic E-state index is 0.512. The second-order valence-corrected chi connectivity index (χ2v) is 5.25. The summed E-state index contributed by atoms with van der Waals surface area (Å²) in [5.74, 6) is 1.57. The van der Waals surface area contributed by atoms with Crippen molar-refractivity contribution >= 4 is 0 Å². The van der Waals surface area contributed by atoms with Crippen LogP contribution in [0.4, 0.5) is 0 Å². The molecule has 0 unspecified atom stereocenters. The van der Waals surface area contributed by atoms with Crippen LogP contribution in [0.15, 0.2) is 18.2 Å². The highest BCUT2D eigenvalue weighted by molar-refractivity contribution is 5.39. The second-order valence-electron chi connectivity index (χ2n) is 5.25. The normalized spacial score (nSPS) is 10.9. The predicted octanol–water partition coefficient (Wildman–Crippen LogP) is 4.02. The summed E-state index contributed by atoms with van der Waals surface area (Å²) in [6.07, 6.45) is 4.66. The molecule has 2 heteroatoms. The van der Waals surface area contributed by atoms with E-state index in [0.29, 0.717) is 5.92 Å². The largest absolute Gasteiger partial charge is 0.493 e. The lowest BCUT2D eigenvalue weighted by molar-refractivity contribution is 0.300. The third kappa shape index (κ3) is 5.09. The Labute approximate surface area is 112 Å². The van der Waals surface area contributed by atoms with Gasteiger partial charge in [-0.1, -0.05) is 38.8 Å². The van der Waals surface area contributed by atoms with Gasteiger partial charge in [-0.05, 0) is 49.4 Å². The van der Waals surface area contributed by atoms with Gasteiger partial charge in [0.05, 0.1) is 6.61 Å². The smallest absolute Gasteiger partial charge is 0.122 e. The molecule has 0 saturated heterocycles. The Balaban J connectivity index is 2.43. The van der Waals surface area contributed by atoms with E-state index in [0.717, 1.165) is 31.7 Å². The van der Waals surface area contributed by atoms with Gasteiger partial charge >= 0.3 is 0 Å². The molecule has 0 saturated carbocycles. The van der Waals surface area contributed by atoms with E-state index in [4.69, 9.17) is 10.5 Å². The second kappa shape index (κ2) is 8.15. The number of unbranched alkanes of at least 4 members (excludes halogenated alkanes) is 3. The summed E-state index contributed by atoms with van der Waals surface area (Å²) < 4.78 is 5.93. The van der Waals surface area contributed by atoms with Crippen molar-refractivity contribution in [3.63, 3.8) is 0 Å². The van der Waals surface area contributed by atoms with Crippen molar-refractivity contribution in [3.05, 3.63) is 29.3 Å². The number of ether oxygens (including phenoxy) is 1. The first kappa shape index (κ1) is 15.0. The van der Waals surface area contributed by atoms with Crippen LogP contribution in [0, 0.1) is 6.92 Å². The molecule has 0 atom stereocenters. The number of rotatable bonds is 8. The molecule has 0 aliphatic carbocycles. The van der Waals surface area contributed by atoms with Crippen molar-refractivity contribution < 1.29 is 4.74 Å². The quantitative estimate of drug-likeness (QED) is 0.706. The minimum atomic E-state index is 0.512. The molecular formula is C16H27NO. The van der Waals surface area contributed by atoms with Gasteiger partial charge in [0.25, 0.3) is 0 Å². The van der Waals surface area contributed by atoms with Gasteiger partial charge in [-0.25, -0.2) is 0 Å². The van der Waals surface area contributed by atoms with Crippen LogP contribution < -0.4 is 10.5 Å². The first-order chi connectivity index (χ1) is 8.65. The van der Waals surface area contributed by atoms with E-state index in [-0.39, 0.29) is 0 Å². The van der Waals surface area contributed by atoms with Gasteiger partial charge in [0.15, 0.2) is 0 Å². The fraction of sp³-hybridized carbons (Fsp3) is 0.625. The zero-order valence-electron chi connectivity index (χ0n) is 12.0. The Morgan fingerprint density at radius 1 is 1.11 bits per heavy atom. The van der Waals surface area contributed by atoms with Crippen LogP contribution in [0.5, 0.6) is 5.75 Å². The fourth-order valence-corrected chi connectivity index (χ4v) is 2.03. The molecule has 0 radical (unpaired) electrons. The molecule has 0 aliphatic heterocycles. The van der Waals surface area contributed by atoms with Crippen LogP contribution >= 0.6 is 0 Å². The highest BCUT2D eigenvalue weighted by atomic mass is 16.5. The van der Waals surface area contributed by atoms with E-state index in [1.54, 1.807) is 0 Å². The average Bonchev–Trinajstić information content (AvgIpc) is 2.33. The predicted molar refractivity (Wildman–Crippen MR) is 78.3 cm³/mol. The summed E-state index contributed by atoms with van der Waals surface area (Å²) in [6, 6.07) is 6.49. The van der Waals surface area contributed by atoms with Gasteiger partial charge in [-0.2, -0.15) is 0 Å². The molecule has 1 rings (SSSR count). The molecule has 0 amide bonds. The monoisotopic (exact) mass is 249 g/mol. The molecule has 102 valence electrons. The van der Waals surface area contributed by atoms with Crippen LogP contribution in [-0.2, 0) is 0 Å². The van der Waals surface area contributed by atoms with Crippen molar-refractivity contribution in [2.75, 3.05) is 13.2 Å². The van der Waals surface area contributed by atoms with Gasteiger partial charge in [-0.15, -0.1) is 0 Å². The van der Waals surface area contributed by atoms with Crippen molar-refractivity contribution in [2.24, 2.45) is 5.73 Å². The average molecular weight is 249 g/mol. The van der Waals surface area contributed by atoms with Crippen molar-refractivity contribution in [1.82, 2.24) is 0 Å². The highest BCUT2D eigenvalue weighted by Crippen LogP contribution is 2.27. The zero-order valence-corrected chi connectivity index (χ0v) is 12.0. The molecular weight excluding hydrogens is 222 g/mol. The SMILES string of the molecule is Cc1ccc(C(C)C)c(OCCCCCCN)c1. The molecule has 0 aromatic heterocycles. The van der Waals surface area contributed by atoms with Crippen molar-refractivity contribution in [3.8, 4) is 5.75 Å². The molecule has 1 aromatic carbocycles. The van der Waals surface area contributed by atoms with Gasteiger partial charge in [0.1, 0.15) is 5.75 Å². The summed E-state index contributed by atoms with van der Waals surface area (Å²) in [4.78, 5) is 0. The van der Waals surface area contributed by atoms with Gasteiger partial charge < -0.3 is 10.5 Å². The summed E-state index contributed by atoms with van der Waals surface area (Å²) in [5.41, 5.74) is 8.04. The Morgan fingerprint density at radius 3 is 2.50 bits per heavy atom. The molecule has 1 aromatic rings. The minimum Gasteiger partial charge on any atom is -0.493 e. The van der Waals surface area contributed by atoms with E-state index >= 15 is 0 Å². The number of hydrogen-bond acceptors (Lipinski definition) is 2. The number of aryl methyl sites for hydroxylation is 1. The molecule has 0 bridgehead atoms. The van der Waals surface area contributed by atoms with Crippen LogP contribution in [0.3, 0.4) is 0 Å². The molecule has 18 heavy (non-hydrogen) atoms. The molecule has 0 fully saturated rings.